The molecule has 12 rings (SSSR count). The smallest absolute Gasteiger partial charge is 0.137 e. The first kappa shape index (κ1) is 34.0. The van der Waals surface area contributed by atoms with Crippen LogP contribution in [0.1, 0.15) is 78.7 Å². The van der Waals surface area contributed by atoms with Crippen molar-refractivity contribution < 1.29 is 4.42 Å². The van der Waals surface area contributed by atoms with Crippen molar-refractivity contribution in [3.63, 3.8) is 0 Å². The van der Waals surface area contributed by atoms with Gasteiger partial charge in [-0.15, -0.1) is 0 Å². The van der Waals surface area contributed by atoms with Gasteiger partial charge in [0, 0.05) is 45.0 Å². The molecule has 3 nitrogen and oxygen atoms in total. The van der Waals surface area contributed by atoms with E-state index < -0.39 is 0 Å². The van der Waals surface area contributed by atoms with Gasteiger partial charge < -0.3 is 14.2 Å². The molecule has 1 spiro atoms. The fourth-order valence-corrected chi connectivity index (χ4v) is 12.3. The van der Waals surface area contributed by atoms with Crippen molar-refractivity contribution in [3.8, 4) is 0 Å². The molecule has 3 unspecified atom stereocenters. The average molecular weight is 753 g/mol. The first-order valence-corrected chi connectivity index (χ1v) is 21.7. The van der Waals surface area contributed by atoms with Crippen LogP contribution in [0.25, 0.3) is 21.9 Å². The molecule has 7 aromatic carbocycles. The van der Waals surface area contributed by atoms with E-state index in [4.69, 9.17) is 4.42 Å². The van der Waals surface area contributed by atoms with Crippen LogP contribution >= 0.6 is 0 Å². The highest BCUT2D eigenvalue weighted by Crippen LogP contribution is 2.69. The van der Waals surface area contributed by atoms with Crippen LogP contribution in [-0.2, 0) is 18.3 Å². The minimum absolute atomic E-state index is 0.110. The molecule has 8 aromatic rings. The van der Waals surface area contributed by atoms with E-state index >= 15 is 0 Å². The molecule has 0 saturated heterocycles. The van der Waals surface area contributed by atoms with Crippen molar-refractivity contribution in [3.05, 3.63) is 192 Å². The monoisotopic (exact) mass is 752 g/mol. The van der Waals surface area contributed by atoms with Gasteiger partial charge in [0.05, 0.1) is 11.4 Å². The van der Waals surface area contributed by atoms with Gasteiger partial charge in [-0.1, -0.05) is 116 Å². The SMILES string of the molecule is c1ccc(N(c2ccc3c(c2)oc2ccccc23)c2cccc3c2C24c5c(cccc5N(c5ccccc5)c5ccccc5C5CCCCC5)CC2CCC4C3)cc1. The Morgan fingerprint density at radius 1 is 0.431 bits per heavy atom. The number of hydrogen-bond acceptors (Lipinski definition) is 3. The largest absolute Gasteiger partial charge is 0.456 e. The number of benzene rings is 7. The van der Waals surface area contributed by atoms with E-state index in [2.05, 4.69) is 174 Å². The minimum atomic E-state index is -0.110. The normalized spacial score (nSPS) is 20.8. The Morgan fingerprint density at radius 2 is 1.00 bits per heavy atom. The Morgan fingerprint density at radius 3 is 1.71 bits per heavy atom. The summed E-state index contributed by atoms with van der Waals surface area (Å²) in [5, 5.41) is 2.32. The number of hydrogen-bond donors (Lipinski definition) is 0. The van der Waals surface area contributed by atoms with Crippen molar-refractivity contribution in [2.75, 3.05) is 9.80 Å². The molecule has 3 heteroatoms. The molecule has 1 heterocycles. The predicted molar refractivity (Wildman–Crippen MR) is 240 cm³/mol. The highest BCUT2D eigenvalue weighted by Gasteiger charge is 2.62. The molecule has 0 N–H and O–H groups in total. The van der Waals surface area contributed by atoms with E-state index in [1.807, 2.05) is 0 Å². The zero-order valence-corrected chi connectivity index (χ0v) is 33.0. The molecule has 4 aliphatic carbocycles. The molecule has 0 radical (unpaired) electrons. The van der Waals surface area contributed by atoms with E-state index in [0.717, 1.165) is 40.5 Å². The number of fused-ring (bicyclic) bond motifs is 5. The quantitative estimate of drug-likeness (QED) is 0.162. The molecular weight excluding hydrogens is 705 g/mol. The second-order valence-corrected chi connectivity index (χ2v) is 17.4. The maximum absolute atomic E-state index is 6.54. The summed E-state index contributed by atoms with van der Waals surface area (Å²) in [4.78, 5) is 5.20. The second kappa shape index (κ2) is 13.5. The second-order valence-electron chi connectivity index (χ2n) is 17.4. The molecular formula is C55H48N2O. The Hall–Kier alpha value is -6.06. The summed E-state index contributed by atoms with van der Waals surface area (Å²) in [5.74, 6) is 1.66. The summed E-state index contributed by atoms with van der Waals surface area (Å²) in [6.07, 6.45) is 11.3. The van der Waals surface area contributed by atoms with Gasteiger partial charge in [0.15, 0.2) is 0 Å². The van der Waals surface area contributed by atoms with E-state index in [1.165, 1.54) is 95.6 Å². The van der Waals surface area contributed by atoms with Crippen LogP contribution in [-0.4, -0.2) is 0 Å². The van der Waals surface area contributed by atoms with E-state index in [9.17, 15) is 0 Å². The Bertz CT molecular complexity index is 2810. The van der Waals surface area contributed by atoms with Crippen LogP contribution in [0.4, 0.5) is 34.1 Å². The van der Waals surface area contributed by atoms with Crippen molar-refractivity contribution in [1.82, 2.24) is 0 Å². The molecule has 4 aliphatic rings. The third-order valence-corrected chi connectivity index (χ3v) is 14.5. The van der Waals surface area contributed by atoms with Crippen LogP contribution < -0.4 is 9.80 Å². The molecule has 284 valence electrons. The molecule has 2 saturated carbocycles. The van der Waals surface area contributed by atoms with Crippen LogP contribution in [0.15, 0.2) is 168 Å². The maximum Gasteiger partial charge on any atom is 0.137 e. The van der Waals surface area contributed by atoms with Crippen molar-refractivity contribution in [1.29, 1.82) is 0 Å². The van der Waals surface area contributed by atoms with Gasteiger partial charge in [-0.25, -0.2) is 0 Å². The Kier molecular flexibility index (Phi) is 7.93. The van der Waals surface area contributed by atoms with Crippen molar-refractivity contribution in [2.45, 2.75) is 69.1 Å². The Balaban J connectivity index is 1.10. The molecule has 2 fully saturated rings. The Labute approximate surface area is 341 Å². The van der Waals surface area contributed by atoms with Gasteiger partial charge in [-0.3, -0.25) is 0 Å². The van der Waals surface area contributed by atoms with E-state index in [-0.39, 0.29) is 5.41 Å². The molecule has 3 atom stereocenters. The summed E-state index contributed by atoms with van der Waals surface area (Å²) in [6, 6.07) is 61.3. The summed E-state index contributed by atoms with van der Waals surface area (Å²) >= 11 is 0. The number of anilines is 6. The standard InChI is InChI=1S/C55H48N2O/c1-4-16-37(17-5-1)45-24-10-12-26-48(45)57(43-22-8-3-9-23-43)50-28-15-19-39-35-41-31-30-40-34-38-18-14-27-49(53(38)55(40,41)54(39)50)56(42-20-6-2-7-21-42)44-32-33-47-46-25-11-13-29-51(46)58-52(47)36-44/h2-3,6-15,18-29,32-33,36-37,40-41H,1,4-5,16-17,30-31,34-35H2. The zero-order valence-electron chi connectivity index (χ0n) is 33.0. The fraction of sp³-hybridized carbons (Fsp3) is 0.236. The first-order chi connectivity index (χ1) is 28.8. The summed E-state index contributed by atoms with van der Waals surface area (Å²) in [5.41, 5.74) is 16.9. The molecule has 58 heavy (non-hydrogen) atoms. The number of furan rings is 1. The van der Waals surface area contributed by atoms with E-state index in [0.29, 0.717) is 17.8 Å². The molecule has 0 amide bonds. The summed E-state index contributed by atoms with van der Waals surface area (Å²) in [7, 11) is 0. The minimum Gasteiger partial charge on any atom is -0.456 e. The third kappa shape index (κ3) is 5.05. The van der Waals surface area contributed by atoms with E-state index in [1.54, 1.807) is 5.56 Å². The lowest BCUT2D eigenvalue weighted by Crippen LogP contribution is -2.34. The number of rotatable bonds is 7. The number of para-hydroxylation sites is 4. The third-order valence-electron chi connectivity index (χ3n) is 14.5. The average Bonchev–Trinajstić information content (AvgIpc) is 4.02. The van der Waals surface area contributed by atoms with Crippen LogP contribution in [0.3, 0.4) is 0 Å². The van der Waals surface area contributed by atoms with Gasteiger partial charge in [-0.2, -0.15) is 0 Å². The fourth-order valence-electron chi connectivity index (χ4n) is 12.3. The molecule has 0 bridgehead atoms. The highest BCUT2D eigenvalue weighted by atomic mass is 16.3. The van der Waals surface area contributed by atoms with Gasteiger partial charge in [0.2, 0.25) is 0 Å². The number of nitrogens with zero attached hydrogens (tertiary/aromatic N) is 2. The van der Waals surface area contributed by atoms with Gasteiger partial charge in [-0.05, 0) is 145 Å². The van der Waals surface area contributed by atoms with Crippen molar-refractivity contribution >= 4 is 56.1 Å². The van der Waals surface area contributed by atoms with Crippen LogP contribution in [0.2, 0.25) is 0 Å². The molecule has 0 aliphatic heterocycles. The predicted octanol–water partition coefficient (Wildman–Crippen LogP) is 15.0. The lowest BCUT2D eigenvalue weighted by molar-refractivity contribution is 0.350. The van der Waals surface area contributed by atoms with Crippen LogP contribution in [0, 0.1) is 11.8 Å². The van der Waals surface area contributed by atoms with Gasteiger partial charge in [0.25, 0.3) is 0 Å². The molecule has 1 aromatic heterocycles. The zero-order chi connectivity index (χ0) is 38.2. The van der Waals surface area contributed by atoms with Gasteiger partial charge in [0.1, 0.15) is 11.2 Å². The lowest BCUT2D eigenvalue weighted by atomic mass is 9.68. The van der Waals surface area contributed by atoms with Crippen LogP contribution in [0.5, 0.6) is 0 Å². The first-order valence-electron chi connectivity index (χ1n) is 21.7. The lowest BCUT2D eigenvalue weighted by Gasteiger charge is -2.40. The maximum atomic E-state index is 6.54. The summed E-state index contributed by atoms with van der Waals surface area (Å²) < 4.78 is 6.54. The van der Waals surface area contributed by atoms with Gasteiger partial charge >= 0.3 is 0 Å². The van der Waals surface area contributed by atoms with Crippen molar-refractivity contribution in [2.24, 2.45) is 11.8 Å². The topological polar surface area (TPSA) is 19.6 Å². The summed E-state index contributed by atoms with van der Waals surface area (Å²) in [6.45, 7) is 0. The highest BCUT2D eigenvalue weighted by molar-refractivity contribution is 6.06.